The van der Waals surface area contributed by atoms with Gasteiger partial charge in [0, 0.05) is 24.2 Å². The fourth-order valence-electron chi connectivity index (χ4n) is 2.83. The molecule has 0 radical (unpaired) electrons. The maximum Gasteiger partial charge on any atom is 0.151 e. The summed E-state index contributed by atoms with van der Waals surface area (Å²) in [5.74, 6) is 0.929. The standard InChI is InChI=1S/C17H23N3O/c1-13-5-7-14(8-6-13)17-10-16(21-19-17)12-20(2)15-4-3-9-18-11-15/h5-8,10,15,18H,3-4,9,11-12H2,1-2H3. The number of aryl methyl sites for hydroxylation is 1. The Bertz CT molecular complexity index is 570. The van der Waals surface area contributed by atoms with Gasteiger partial charge in [-0.3, -0.25) is 4.90 Å². The molecule has 0 bridgehead atoms. The number of hydrogen-bond donors (Lipinski definition) is 1. The quantitative estimate of drug-likeness (QED) is 0.938. The largest absolute Gasteiger partial charge is 0.359 e. The van der Waals surface area contributed by atoms with E-state index in [9.17, 15) is 0 Å². The van der Waals surface area contributed by atoms with Crippen molar-refractivity contribution in [3.05, 3.63) is 41.7 Å². The maximum atomic E-state index is 5.50. The van der Waals surface area contributed by atoms with Crippen molar-refractivity contribution < 1.29 is 4.52 Å². The molecule has 1 aromatic heterocycles. The third kappa shape index (κ3) is 3.52. The summed E-state index contributed by atoms with van der Waals surface area (Å²) in [5.41, 5.74) is 3.28. The Morgan fingerprint density at radius 1 is 1.33 bits per heavy atom. The van der Waals surface area contributed by atoms with Crippen LogP contribution in [0.15, 0.2) is 34.9 Å². The summed E-state index contributed by atoms with van der Waals surface area (Å²) in [6, 6.07) is 11.0. The zero-order valence-corrected chi connectivity index (χ0v) is 12.8. The van der Waals surface area contributed by atoms with E-state index in [1.54, 1.807) is 0 Å². The molecule has 1 aliphatic heterocycles. The van der Waals surface area contributed by atoms with Crippen molar-refractivity contribution >= 4 is 0 Å². The molecule has 0 saturated carbocycles. The second-order valence-corrected chi connectivity index (χ2v) is 5.96. The van der Waals surface area contributed by atoms with Gasteiger partial charge in [0.15, 0.2) is 5.76 Å². The van der Waals surface area contributed by atoms with Crippen LogP contribution in [0.25, 0.3) is 11.3 Å². The van der Waals surface area contributed by atoms with Crippen molar-refractivity contribution in [2.24, 2.45) is 0 Å². The van der Waals surface area contributed by atoms with Crippen molar-refractivity contribution in [2.45, 2.75) is 32.4 Å². The Morgan fingerprint density at radius 3 is 2.86 bits per heavy atom. The van der Waals surface area contributed by atoms with Gasteiger partial charge in [-0.2, -0.15) is 0 Å². The van der Waals surface area contributed by atoms with Crippen molar-refractivity contribution in [1.29, 1.82) is 0 Å². The van der Waals surface area contributed by atoms with Crippen LogP contribution in [-0.2, 0) is 6.54 Å². The Balaban J connectivity index is 1.65. The highest BCUT2D eigenvalue weighted by Crippen LogP contribution is 2.21. The molecule has 1 aromatic carbocycles. The minimum Gasteiger partial charge on any atom is -0.359 e. The van der Waals surface area contributed by atoms with Gasteiger partial charge in [-0.05, 0) is 33.4 Å². The summed E-state index contributed by atoms with van der Waals surface area (Å²) in [6.45, 7) is 5.11. The molecule has 1 fully saturated rings. The topological polar surface area (TPSA) is 41.3 Å². The highest BCUT2D eigenvalue weighted by atomic mass is 16.5. The van der Waals surface area contributed by atoms with E-state index in [4.69, 9.17) is 4.52 Å². The fraction of sp³-hybridized carbons (Fsp3) is 0.471. The van der Waals surface area contributed by atoms with Gasteiger partial charge in [0.25, 0.3) is 0 Å². The van der Waals surface area contributed by atoms with E-state index in [2.05, 4.69) is 59.7 Å². The van der Waals surface area contributed by atoms with E-state index >= 15 is 0 Å². The Labute approximate surface area is 126 Å². The molecular formula is C17H23N3O. The molecule has 1 saturated heterocycles. The van der Waals surface area contributed by atoms with Gasteiger partial charge in [0.05, 0.1) is 6.54 Å². The van der Waals surface area contributed by atoms with Crippen LogP contribution in [0.3, 0.4) is 0 Å². The number of likely N-dealkylation sites (N-methyl/N-ethyl adjacent to an activating group) is 1. The van der Waals surface area contributed by atoms with Crippen LogP contribution < -0.4 is 5.32 Å². The first-order chi connectivity index (χ1) is 10.2. The fourth-order valence-corrected chi connectivity index (χ4v) is 2.83. The first-order valence-electron chi connectivity index (χ1n) is 7.66. The average Bonchev–Trinajstić information content (AvgIpc) is 2.97. The Morgan fingerprint density at radius 2 is 2.14 bits per heavy atom. The number of hydrogen-bond acceptors (Lipinski definition) is 4. The molecule has 1 aliphatic rings. The molecule has 2 aromatic rings. The first kappa shape index (κ1) is 14.3. The van der Waals surface area contributed by atoms with E-state index in [1.165, 1.54) is 18.4 Å². The predicted octanol–water partition coefficient (Wildman–Crippen LogP) is 2.83. The summed E-state index contributed by atoms with van der Waals surface area (Å²) in [4.78, 5) is 2.35. The van der Waals surface area contributed by atoms with Crippen LogP contribution >= 0.6 is 0 Å². The van der Waals surface area contributed by atoms with Crippen LogP contribution in [0, 0.1) is 6.92 Å². The SMILES string of the molecule is Cc1ccc(-c2cc(CN(C)C3CCCNC3)on2)cc1. The lowest BCUT2D eigenvalue weighted by molar-refractivity contribution is 0.177. The second-order valence-electron chi connectivity index (χ2n) is 5.96. The van der Waals surface area contributed by atoms with E-state index in [0.29, 0.717) is 6.04 Å². The highest BCUT2D eigenvalue weighted by molar-refractivity contribution is 5.59. The van der Waals surface area contributed by atoms with Gasteiger partial charge in [0.1, 0.15) is 5.69 Å². The zero-order chi connectivity index (χ0) is 14.7. The minimum absolute atomic E-state index is 0.590. The van der Waals surface area contributed by atoms with Gasteiger partial charge in [-0.1, -0.05) is 35.0 Å². The van der Waals surface area contributed by atoms with Crippen molar-refractivity contribution in [1.82, 2.24) is 15.4 Å². The smallest absolute Gasteiger partial charge is 0.151 e. The molecule has 3 rings (SSSR count). The normalized spacial score (nSPS) is 19.1. The molecule has 4 heteroatoms. The molecule has 112 valence electrons. The minimum atomic E-state index is 0.590. The average molecular weight is 285 g/mol. The lowest BCUT2D eigenvalue weighted by Crippen LogP contribution is -2.43. The summed E-state index contributed by atoms with van der Waals surface area (Å²) < 4.78 is 5.50. The van der Waals surface area contributed by atoms with E-state index < -0.39 is 0 Å². The van der Waals surface area contributed by atoms with Gasteiger partial charge in [0.2, 0.25) is 0 Å². The predicted molar refractivity (Wildman–Crippen MR) is 84.0 cm³/mol. The summed E-state index contributed by atoms with van der Waals surface area (Å²) >= 11 is 0. The molecule has 1 unspecified atom stereocenters. The number of piperidine rings is 1. The Kier molecular flexibility index (Phi) is 4.36. The third-order valence-electron chi connectivity index (χ3n) is 4.21. The molecule has 2 heterocycles. The van der Waals surface area contributed by atoms with E-state index in [0.717, 1.165) is 36.7 Å². The molecule has 21 heavy (non-hydrogen) atoms. The van der Waals surface area contributed by atoms with Crippen LogP contribution in [0.2, 0.25) is 0 Å². The summed E-state index contributed by atoms with van der Waals surface area (Å²) in [5, 5.41) is 7.65. The van der Waals surface area contributed by atoms with Crippen molar-refractivity contribution in [2.75, 3.05) is 20.1 Å². The zero-order valence-electron chi connectivity index (χ0n) is 12.8. The van der Waals surface area contributed by atoms with Crippen LogP contribution in [-0.4, -0.2) is 36.2 Å². The van der Waals surface area contributed by atoms with Gasteiger partial charge >= 0.3 is 0 Å². The lowest BCUT2D eigenvalue weighted by atomic mass is 10.1. The monoisotopic (exact) mass is 285 g/mol. The summed E-state index contributed by atoms with van der Waals surface area (Å²) in [6.07, 6.45) is 2.50. The third-order valence-corrected chi connectivity index (χ3v) is 4.21. The van der Waals surface area contributed by atoms with Crippen molar-refractivity contribution in [3.8, 4) is 11.3 Å². The molecule has 1 N–H and O–H groups in total. The molecule has 4 nitrogen and oxygen atoms in total. The number of benzene rings is 1. The molecule has 0 spiro atoms. The van der Waals surface area contributed by atoms with E-state index in [1.807, 2.05) is 0 Å². The number of nitrogens with one attached hydrogen (secondary N) is 1. The van der Waals surface area contributed by atoms with Crippen LogP contribution in [0.5, 0.6) is 0 Å². The van der Waals surface area contributed by atoms with Crippen LogP contribution in [0.4, 0.5) is 0 Å². The summed E-state index contributed by atoms with van der Waals surface area (Å²) in [7, 11) is 2.16. The molecule has 1 atom stereocenters. The van der Waals surface area contributed by atoms with Gasteiger partial charge in [-0.25, -0.2) is 0 Å². The number of aromatic nitrogens is 1. The van der Waals surface area contributed by atoms with Gasteiger partial charge in [-0.15, -0.1) is 0 Å². The molecule has 0 aliphatic carbocycles. The molecule has 0 amide bonds. The van der Waals surface area contributed by atoms with Gasteiger partial charge < -0.3 is 9.84 Å². The highest BCUT2D eigenvalue weighted by Gasteiger charge is 2.19. The second kappa shape index (κ2) is 6.41. The Hall–Kier alpha value is -1.65. The lowest BCUT2D eigenvalue weighted by Gasteiger charge is -2.30. The number of rotatable bonds is 4. The molecular weight excluding hydrogens is 262 g/mol. The van der Waals surface area contributed by atoms with Crippen LogP contribution in [0.1, 0.15) is 24.2 Å². The first-order valence-corrected chi connectivity index (χ1v) is 7.66. The van der Waals surface area contributed by atoms with E-state index in [-0.39, 0.29) is 0 Å². The number of nitrogens with zero attached hydrogens (tertiary/aromatic N) is 2. The maximum absolute atomic E-state index is 5.50. The van der Waals surface area contributed by atoms with Crippen molar-refractivity contribution in [3.63, 3.8) is 0 Å².